The van der Waals surface area contributed by atoms with Gasteiger partial charge in [0.25, 0.3) is 0 Å². The number of rotatable bonds is 2. The molecule has 3 heterocycles. The lowest BCUT2D eigenvalue weighted by atomic mass is 9.86. The molecule has 0 aliphatic carbocycles. The Bertz CT molecular complexity index is 884. The predicted molar refractivity (Wildman–Crippen MR) is 98.0 cm³/mol. The van der Waals surface area contributed by atoms with Gasteiger partial charge in [-0.2, -0.15) is 23.0 Å². The van der Waals surface area contributed by atoms with E-state index in [1.165, 1.54) is 0 Å². The summed E-state index contributed by atoms with van der Waals surface area (Å²) >= 11 is 6.25. The molecule has 5 nitrogen and oxygen atoms in total. The van der Waals surface area contributed by atoms with Crippen molar-refractivity contribution in [1.29, 1.82) is 0 Å². The lowest BCUT2D eigenvalue weighted by molar-refractivity contribution is -0.137. The molecule has 0 saturated carbocycles. The number of carbonyl (C=O) groups is 1. The third-order valence-electron chi connectivity index (χ3n) is 5.68. The largest absolute Gasteiger partial charge is 0.419 e. The molecule has 2 aliphatic rings. The van der Waals surface area contributed by atoms with Gasteiger partial charge in [-0.05, 0) is 31.0 Å². The maximum atomic E-state index is 12.7. The summed E-state index contributed by atoms with van der Waals surface area (Å²) in [6.07, 6.45) is -1.27. The Hall–Kier alpha value is -2.06. The molecule has 150 valence electrons. The smallest absolute Gasteiger partial charge is 0.322 e. The minimum Gasteiger partial charge on any atom is -0.322 e. The van der Waals surface area contributed by atoms with E-state index in [0.29, 0.717) is 19.3 Å². The summed E-state index contributed by atoms with van der Waals surface area (Å²) < 4.78 is 39.0. The van der Waals surface area contributed by atoms with Crippen molar-refractivity contribution in [1.82, 2.24) is 19.6 Å². The SMILES string of the molecule is O=C(N1CCC2(CCN(Cc3ccccc3Cl)C2)C1)n1cc(C(F)(F)F)cn1. The number of hydrogen-bond donors (Lipinski definition) is 0. The zero-order chi connectivity index (χ0) is 19.9. The van der Waals surface area contributed by atoms with E-state index in [1.807, 2.05) is 24.3 Å². The van der Waals surface area contributed by atoms with Crippen LogP contribution in [0.4, 0.5) is 18.0 Å². The first-order chi connectivity index (χ1) is 13.3. The molecular weight excluding hydrogens is 393 g/mol. The fourth-order valence-corrected chi connectivity index (χ4v) is 4.38. The van der Waals surface area contributed by atoms with Gasteiger partial charge in [-0.25, -0.2) is 4.79 Å². The summed E-state index contributed by atoms with van der Waals surface area (Å²) in [6, 6.07) is 7.24. The summed E-state index contributed by atoms with van der Waals surface area (Å²) in [6.45, 7) is 3.57. The zero-order valence-electron chi connectivity index (χ0n) is 15.1. The molecule has 1 unspecified atom stereocenters. The lowest BCUT2D eigenvalue weighted by Crippen LogP contribution is -2.36. The van der Waals surface area contributed by atoms with Gasteiger partial charge < -0.3 is 4.90 Å². The van der Waals surface area contributed by atoms with Crippen molar-refractivity contribution in [3.63, 3.8) is 0 Å². The number of halogens is 4. The Morgan fingerprint density at radius 1 is 1.18 bits per heavy atom. The Kier molecular flexibility index (Phi) is 4.87. The predicted octanol–water partition coefficient (Wildman–Crippen LogP) is 4.12. The Morgan fingerprint density at radius 2 is 1.93 bits per heavy atom. The Morgan fingerprint density at radius 3 is 2.64 bits per heavy atom. The molecule has 2 fully saturated rings. The van der Waals surface area contributed by atoms with Crippen molar-refractivity contribution in [2.75, 3.05) is 26.2 Å². The maximum Gasteiger partial charge on any atom is 0.419 e. The molecule has 1 aromatic heterocycles. The highest BCUT2D eigenvalue weighted by Gasteiger charge is 2.45. The molecule has 0 radical (unpaired) electrons. The van der Waals surface area contributed by atoms with E-state index >= 15 is 0 Å². The molecule has 4 rings (SSSR count). The van der Waals surface area contributed by atoms with Crippen LogP contribution in [0.25, 0.3) is 0 Å². The van der Waals surface area contributed by atoms with Crippen LogP contribution < -0.4 is 0 Å². The maximum absolute atomic E-state index is 12.7. The number of benzene rings is 1. The van der Waals surface area contributed by atoms with E-state index in [-0.39, 0.29) is 5.41 Å². The van der Waals surface area contributed by atoms with E-state index in [0.717, 1.165) is 53.9 Å². The Balaban J connectivity index is 1.39. The normalized spacial score (nSPS) is 23.1. The van der Waals surface area contributed by atoms with Crippen LogP contribution in [-0.4, -0.2) is 51.8 Å². The molecule has 28 heavy (non-hydrogen) atoms. The van der Waals surface area contributed by atoms with Crippen LogP contribution >= 0.6 is 11.6 Å². The molecule has 2 saturated heterocycles. The molecule has 0 bridgehead atoms. The highest BCUT2D eigenvalue weighted by Crippen LogP contribution is 2.40. The van der Waals surface area contributed by atoms with E-state index in [9.17, 15) is 18.0 Å². The van der Waals surface area contributed by atoms with Gasteiger partial charge in [-0.3, -0.25) is 4.90 Å². The van der Waals surface area contributed by atoms with Gasteiger partial charge in [0.15, 0.2) is 0 Å². The highest BCUT2D eigenvalue weighted by atomic mass is 35.5. The third kappa shape index (κ3) is 3.75. The molecule has 9 heteroatoms. The number of carbonyl (C=O) groups excluding carboxylic acids is 1. The fourth-order valence-electron chi connectivity index (χ4n) is 4.18. The fraction of sp³-hybridized carbons (Fsp3) is 0.474. The van der Waals surface area contributed by atoms with Crippen molar-refractivity contribution < 1.29 is 18.0 Å². The summed E-state index contributed by atoms with van der Waals surface area (Å²) in [7, 11) is 0. The molecule has 2 aliphatic heterocycles. The van der Waals surface area contributed by atoms with Gasteiger partial charge in [0, 0.05) is 42.8 Å². The standard InChI is InChI=1S/C19H20ClF3N4O/c20-16-4-2-1-3-14(16)10-25-7-5-18(12-25)6-8-26(13-18)17(28)27-11-15(9-24-27)19(21,22)23/h1-4,9,11H,5-8,10,12-13H2. The molecule has 1 aromatic carbocycles. The van der Waals surface area contributed by atoms with Crippen molar-refractivity contribution in [3.8, 4) is 0 Å². The van der Waals surface area contributed by atoms with E-state index in [1.54, 1.807) is 4.90 Å². The van der Waals surface area contributed by atoms with Crippen LogP contribution in [0, 0.1) is 5.41 Å². The second-order valence-electron chi connectivity index (χ2n) is 7.68. The van der Waals surface area contributed by atoms with Crippen molar-refractivity contribution in [2.24, 2.45) is 5.41 Å². The monoisotopic (exact) mass is 412 g/mol. The average molecular weight is 413 g/mol. The average Bonchev–Trinajstić information content (AvgIpc) is 3.37. The van der Waals surface area contributed by atoms with E-state index in [4.69, 9.17) is 11.6 Å². The second kappa shape index (κ2) is 7.08. The summed E-state index contributed by atoms with van der Waals surface area (Å²) in [5, 5.41) is 4.34. The van der Waals surface area contributed by atoms with Crippen LogP contribution in [0.3, 0.4) is 0 Å². The quantitative estimate of drug-likeness (QED) is 0.745. The number of likely N-dealkylation sites (tertiary alicyclic amines) is 2. The third-order valence-corrected chi connectivity index (χ3v) is 6.05. The van der Waals surface area contributed by atoms with E-state index < -0.39 is 17.8 Å². The minimum absolute atomic E-state index is 0.0169. The van der Waals surface area contributed by atoms with Gasteiger partial charge in [-0.1, -0.05) is 29.8 Å². The first-order valence-corrected chi connectivity index (χ1v) is 9.51. The Labute approximate surface area is 165 Å². The summed E-state index contributed by atoms with van der Waals surface area (Å²) in [4.78, 5) is 16.5. The minimum atomic E-state index is -4.50. The number of nitrogens with zero attached hydrogens (tertiary/aromatic N) is 4. The van der Waals surface area contributed by atoms with Crippen LogP contribution in [0.15, 0.2) is 36.7 Å². The molecule has 1 atom stereocenters. The highest BCUT2D eigenvalue weighted by molar-refractivity contribution is 6.31. The number of hydrogen-bond acceptors (Lipinski definition) is 3. The lowest BCUT2D eigenvalue weighted by Gasteiger charge is -2.25. The number of alkyl halides is 3. The van der Waals surface area contributed by atoms with Crippen LogP contribution in [0.5, 0.6) is 0 Å². The van der Waals surface area contributed by atoms with Gasteiger partial charge in [0.1, 0.15) is 0 Å². The summed E-state index contributed by atoms with van der Waals surface area (Å²) in [5.41, 5.74) is 0.140. The number of amides is 1. The van der Waals surface area contributed by atoms with Crippen LogP contribution in [-0.2, 0) is 12.7 Å². The summed E-state index contributed by atoms with van der Waals surface area (Å²) in [5.74, 6) is 0. The number of aromatic nitrogens is 2. The van der Waals surface area contributed by atoms with Gasteiger partial charge in [0.05, 0.1) is 11.8 Å². The van der Waals surface area contributed by atoms with Gasteiger partial charge in [-0.15, -0.1) is 0 Å². The molecular formula is C19H20ClF3N4O. The zero-order valence-corrected chi connectivity index (χ0v) is 15.9. The molecule has 1 amide bonds. The van der Waals surface area contributed by atoms with E-state index in [2.05, 4.69) is 10.00 Å². The molecule has 1 spiro atoms. The van der Waals surface area contributed by atoms with Crippen LogP contribution in [0.2, 0.25) is 5.02 Å². The second-order valence-corrected chi connectivity index (χ2v) is 8.08. The topological polar surface area (TPSA) is 41.4 Å². The van der Waals surface area contributed by atoms with Crippen molar-refractivity contribution in [2.45, 2.75) is 25.6 Å². The van der Waals surface area contributed by atoms with Crippen molar-refractivity contribution >= 4 is 17.6 Å². The molecule has 2 aromatic rings. The first kappa shape index (κ1) is 19.3. The van der Waals surface area contributed by atoms with Gasteiger partial charge in [0.2, 0.25) is 0 Å². The first-order valence-electron chi connectivity index (χ1n) is 9.13. The van der Waals surface area contributed by atoms with Crippen molar-refractivity contribution in [3.05, 3.63) is 52.8 Å². The van der Waals surface area contributed by atoms with Gasteiger partial charge >= 0.3 is 12.2 Å². The van der Waals surface area contributed by atoms with Crippen LogP contribution in [0.1, 0.15) is 24.0 Å². The molecule has 0 N–H and O–H groups in total.